The van der Waals surface area contributed by atoms with E-state index >= 15 is 0 Å². The summed E-state index contributed by atoms with van der Waals surface area (Å²) >= 11 is 8.63. The number of ether oxygens (including phenoxy) is 1. The third-order valence-corrected chi connectivity index (χ3v) is 4.97. The van der Waals surface area contributed by atoms with Gasteiger partial charge in [0, 0.05) is 21.8 Å². The molecule has 2 rings (SSSR count). The monoisotopic (exact) mass is 491 g/mol. The highest BCUT2D eigenvalue weighted by Crippen LogP contribution is 2.23. The Kier molecular flexibility index (Phi) is 9.26. The van der Waals surface area contributed by atoms with Crippen LogP contribution in [0.4, 0.5) is 5.69 Å². The normalized spacial score (nSPS) is 11.3. The Hall–Kier alpha value is -2.45. The number of hydrogen-bond donors (Lipinski definition) is 3. The molecule has 0 radical (unpaired) electrons. The third-order valence-electron chi connectivity index (χ3n) is 4.27. The number of nitrogens with one attached hydrogen (secondary N) is 3. The second-order valence-electron chi connectivity index (χ2n) is 6.76. The molecule has 160 valence electrons. The first-order valence-electron chi connectivity index (χ1n) is 9.79. The van der Waals surface area contributed by atoms with E-state index in [9.17, 15) is 9.59 Å². The summed E-state index contributed by atoms with van der Waals surface area (Å²) in [5.74, 6) is 0.00233. The van der Waals surface area contributed by atoms with Crippen LogP contribution in [0.5, 0.6) is 5.75 Å². The molecule has 0 saturated heterocycles. The van der Waals surface area contributed by atoms with Gasteiger partial charge in [-0.2, -0.15) is 0 Å². The van der Waals surface area contributed by atoms with E-state index in [4.69, 9.17) is 17.0 Å². The van der Waals surface area contributed by atoms with Crippen LogP contribution in [0.1, 0.15) is 54.3 Å². The summed E-state index contributed by atoms with van der Waals surface area (Å²) < 4.78 is 6.42. The molecular weight excluding hydrogens is 466 g/mol. The summed E-state index contributed by atoms with van der Waals surface area (Å²) in [4.78, 5) is 24.8. The summed E-state index contributed by atoms with van der Waals surface area (Å²) in [5.41, 5.74) is 1.61. The molecule has 1 atom stereocenters. The number of thiocarbonyl (C=S) groups is 1. The lowest BCUT2D eigenvalue weighted by Crippen LogP contribution is -2.34. The predicted octanol–water partition coefficient (Wildman–Crippen LogP) is 4.89. The highest BCUT2D eigenvalue weighted by molar-refractivity contribution is 9.10. The summed E-state index contributed by atoms with van der Waals surface area (Å²) in [6.45, 7) is 6.48. The lowest BCUT2D eigenvalue weighted by atomic mass is 10.1. The fourth-order valence-corrected chi connectivity index (χ4v) is 3.04. The van der Waals surface area contributed by atoms with Crippen molar-refractivity contribution in [2.75, 3.05) is 11.9 Å². The third kappa shape index (κ3) is 7.11. The van der Waals surface area contributed by atoms with Crippen molar-refractivity contribution in [1.29, 1.82) is 0 Å². The van der Waals surface area contributed by atoms with E-state index in [1.807, 2.05) is 26.8 Å². The molecule has 3 N–H and O–H groups in total. The molecule has 0 aliphatic carbocycles. The molecule has 0 aliphatic rings. The second-order valence-corrected chi connectivity index (χ2v) is 8.08. The minimum Gasteiger partial charge on any atom is -0.493 e. The zero-order valence-electron chi connectivity index (χ0n) is 17.3. The molecule has 0 aromatic heterocycles. The molecule has 0 heterocycles. The Morgan fingerprint density at radius 1 is 1.10 bits per heavy atom. The van der Waals surface area contributed by atoms with Gasteiger partial charge in [-0.1, -0.05) is 29.8 Å². The van der Waals surface area contributed by atoms with Crippen LogP contribution in [0.25, 0.3) is 0 Å². The first kappa shape index (κ1) is 23.8. The maximum absolute atomic E-state index is 12.7. The van der Waals surface area contributed by atoms with Crippen LogP contribution in [0.3, 0.4) is 0 Å². The first-order valence-corrected chi connectivity index (χ1v) is 11.0. The van der Waals surface area contributed by atoms with E-state index in [2.05, 4.69) is 31.9 Å². The zero-order valence-corrected chi connectivity index (χ0v) is 19.7. The molecule has 0 aliphatic heterocycles. The first-order chi connectivity index (χ1) is 14.3. The molecule has 8 heteroatoms. The number of benzene rings is 2. The topological polar surface area (TPSA) is 79.5 Å². The van der Waals surface area contributed by atoms with Crippen LogP contribution in [0, 0.1) is 0 Å². The molecule has 0 spiro atoms. The van der Waals surface area contributed by atoms with Gasteiger partial charge in [-0.15, -0.1) is 0 Å². The van der Waals surface area contributed by atoms with Gasteiger partial charge in [0.05, 0.1) is 12.2 Å². The molecular formula is C22H26BrN3O3S. The Bertz CT molecular complexity index is 903. The van der Waals surface area contributed by atoms with Crippen molar-refractivity contribution in [3.05, 3.63) is 58.1 Å². The predicted molar refractivity (Wildman–Crippen MR) is 127 cm³/mol. The summed E-state index contributed by atoms with van der Waals surface area (Å²) in [6, 6.07) is 12.2. The van der Waals surface area contributed by atoms with Gasteiger partial charge in [0.25, 0.3) is 11.8 Å². The van der Waals surface area contributed by atoms with Crippen LogP contribution in [0.15, 0.2) is 46.9 Å². The highest BCUT2D eigenvalue weighted by Gasteiger charge is 2.15. The van der Waals surface area contributed by atoms with Crippen molar-refractivity contribution in [2.45, 2.75) is 39.7 Å². The summed E-state index contributed by atoms with van der Waals surface area (Å²) in [7, 11) is 0. The average molecular weight is 492 g/mol. The van der Waals surface area contributed by atoms with Crippen LogP contribution in [-0.4, -0.2) is 29.6 Å². The SMILES string of the molecule is CCCOc1ccc(Br)cc1C(=O)NC(=S)Nc1ccc(C(=O)NC(C)CC)cc1. The van der Waals surface area contributed by atoms with Crippen molar-refractivity contribution in [3.8, 4) is 5.75 Å². The van der Waals surface area contributed by atoms with E-state index in [1.54, 1.807) is 36.4 Å². The van der Waals surface area contributed by atoms with Gasteiger partial charge in [0.2, 0.25) is 0 Å². The van der Waals surface area contributed by atoms with Gasteiger partial charge in [0.15, 0.2) is 5.11 Å². The van der Waals surface area contributed by atoms with Gasteiger partial charge < -0.3 is 15.4 Å². The Morgan fingerprint density at radius 2 is 1.80 bits per heavy atom. The van der Waals surface area contributed by atoms with Gasteiger partial charge in [0.1, 0.15) is 5.75 Å². The highest BCUT2D eigenvalue weighted by atomic mass is 79.9. The van der Waals surface area contributed by atoms with Crippen molar-refractivity contribution < 1.29 is 14.3 Å². The standard InChI is InChI=1S/C22H26BrN3O3S/c1-4-12-29-19-11-8-16(23)13-18(19)21(28)26-22(30)25-17-9-6-15(7-10-17)20(27)24-14(3)5-2/h6-11,13-14H,4-5,12H2,1-3H3,(H,24,27)(H2,25,26,28,30). The number of carbonyl (C=O) groups is 2. The lowest BCUT2D eigenvalue weighted by Gasteiger charge is -2.14. The number of halogens is 1. The zero-order chi connectivity index (χ0) is 22.1. The van der Waals surface area contributed by atoms with Crippen LogP contribution < -0.4 is 20.7 Å². The van der Waals surface area contributed by atoms with Gasteiger partial charge in [-0.05, 0) is 74.4 Å². The van der Waals surface area contributed by atoms with Crippen LogP contribution in [-0.2, 0) is 0 Å². The van der Waals surface area contributed by atoms with Crippen molar-refractivity contribution in [1.82, 2.24) is 10.6 Å². The Morgan fingerprint density at radius 3 is 2.43 bits per heavy atom. The number of rotatable bonds is 8. The number of amides is 2. The molecule has 2 aromatic rings. The minimum atomic E-state index is -0.371. The van der Waals surface area contributed by atoms with Crippen LogP contribution >= 0.6 is 28.1 Å². The molecule has 0 fully saturated rings. The average Bonchev–Trinajstić information content (AvgIpc) is 2.73. The van der Waals surface area contributed by atoms with E-state index in [0.717, 1.165) is 17.3 Å². The molecule has 1 unspecified atom stereocenters. The van der Waals surface area contributed by atoms with Gasteiger partial charge in [-0.25, -0.2) is 0 Å². The Balaban J connectivity index is 2.00. The maximum atomic E-state index is 12.7. The molecule has 2 amide bonds. The lowest BCUT2D eigenvalue weighted by molar-refractivity contribution is 0.0937. The summed E-state index contributed by atoms with van der Waals surface area (Å²) in [5, 5.41) is 8.68. The molecule has 0 bridgehead atoms. The number of hydrogen-bond acceptors (Lipinski definition) is 4. The van der Waals surface area contributed by atoms with E-state index < -0.39 is 0 Å². The molecule has 2 aromatic carbocycles. The molecule has 0 saturated carbocycles. The maximum Gasteiger partial charge on any atom is 0.261 e. The fraction of sp³-hybridized carbons (Fsp3) is 0.318. The van der Waals surface area contributed by atoms with E-state index in [0.29, 0.717) is 29.2 Å². The largest absolute Gasteiger partial charge is 0.493 e. The fourth-order valence-electron chi connectivity index (χ4n) is 2.46. The Labute approximate surface area is 190 Å². The molecule has 6 nitrogen and oxygen atoms in total. The van der Waals surface area contributed by atoms with Crippen molar-refractivity contribution >= 4 is 50.8 Å². The van der Waals surface area contributed by atoms with Gasteiger partial charge >= 0.3 is 0 Å². The summed E-state index contributed by atoms with van der Waals surface area (Å²) in [6.07, 6.45) is 1.70. The van der Waals surface area contributed by atoms with E-state index in [-0.39, 0.29) is 23.0 Å². The quantitative estimate of drug-likeness (QED) is 0.458. The second kappa shape index (κ2) is 11.7. The number of carbonyl (C=O) groups excluding carboxylic acids is 2. The van der Waals surface area contributed by atoms with Crippen molar-refractivity contribution in [2.24, 2.45) is 0 Å². The molecule has 30 heavy (non-hydrogen) atoms. The minimum absolute atomic E-state index is 0.113. The number of anilines is 1. The van der Waals surface area contributed by atoms with Crippen LogP contribution in [0.2, 0.25) is 0 Å². The van der Waals surface area contributed by atoms with E-state index in [1.165, 1.54) is 0 Å². The smallest absolute Gasteiger partial charge is 0.261 e. The van der Waals surface area contributed by atoms with Crippen molar-refractivity contribution in [3.63, 3.8) is 0 Å². The van der Waals surface area contributed by atoms with Gasteiger partial charge in [-0.3, -0.25) is 14.9 Å².